The van der Waals surface area contributed by atoms with Crippen molar-refractivity contribution in [2.45, 2.75) is 13.3 Å². The Hall–Kier alpha value is -1.07. The van der Waals surface area contributed by atoms with E-state index in [2.05, 4.69) is 38.4 Å². The molecule has 0 fully saturated rings. The van der Waals surface area contributed by atoms with E-state index in [-0.39, 0.29) is 0 Å². The van der Waals surface area contributed by atoms with Gasteiger partial charge in [-0.25, -0.2) is 4.98 Å². The Morgan fingerprint density at radius 3 is 2.61 bits per heavy atom. The molecule has 0 radical (unpaired) electrons. The number of hydrogen-bond acceptors (Lipinski definition) is 4. The van der Waals surface area contributed by atoms with Gasteiger partial charge in [0.05, 0.1) is 16.1 Å². The molecule has 0 saturated heterocycles. The van der Waals surface area contributed by atoms with Crippen LogP contribution in [0.3, 0.4) is 0 Å². The van der Waals surface area contributed by atoms with Crippen LogP contribution in [-0.4, -0.2) is 18.6 Å². The van der Waals surface area contributed by atoms with Crippen LogP contribution in [0.25, 0.3) is 0 Å². The molecule has 0 bridgehead atoms. The molecule has 5 heteroatoms. The molecule has 0 unspecified atom stereocenters. The zero-order valence-electron chi connectivity index (χ0n) is 10.4. The zero-order chi connectivity index (χ0) is 13.0. The van der Waals surface area contributed by atoms with E-state index in [1.165, 1.54) is 5.56 Å². The number of ether oxygens (including phenoxy) is 1. The van der Waals surface area contributed by atoms with Crippen LogP contribution in [0.1, 0.15) is 18.2 Å². The van der Waals surface area contributed by atoms with Gasteiger partial charge in [-0.15, -0.1) is 0 Å². The predicted molar refractivity (Wildman–Crippen MR) is 79.8 cm³/mol. The van der Waals surface area contributed by atoms with Gasteiger partial charge in [-0.05, 0) is 40.5 Å². The minimum atomic E-state index is 0.697. The van der Waals surface area contributed by atoms with Crippen molar-refractivity contribution < 1.29 is 4.74 Å². The molecule has 0 aliphatic carbocycles. The maximum Gasteiger partial charge on any atom is 0.183 e. The van der Waals surface area contributed by atoms with Crippen LogP contribution in [0.4, 0.5) is 5.13 Å². The van der Waals surface area contributed by atoms with E-state index in [0.717, 1.165) is 26.8 Å². The summed E-state index contributed by atoms with van der Waals surface area (Å²) in [6.07, 6.45) is 0.825. The van der Waals surface area contributed by atoms with Crippen LogP contribution in [0.2, 0.25) is 0 Å². The SMILES string of the molecule is CCOc1ccc(Cc2nc(NC)sc2Br)cc1. The second-order valence-corrected chi connectivity index (χ2v) is 6.06. The Bertz CT molecular complexity index is 510. The predicted octanol–water partition coefficient (Wildman–Crippen LogP) is 3.94. The first kappa shape index (κ1) is 13.4. The Morgan fingerprint density at radius 1 is 1.33 bits per heavy atom. The van der Waals surface area contributed by atoms with Crippen molar-refractivity contribution in [3.05, 3.63) is 39.3 Å². The first-order valence-electron chi connectivity index (χ1n) is 5.77. The minimum Gasteiger partial charge on any atom is -0.494 e. The van der Waals surface area contributed by atoms with E-state index in [0.29, 0.717) is 6.61 Å². The molecule has 0 saturated carbocycles. The second kappa shape index (κ2) is 6.20. The fourth-order valence-electron chi connectivity index (χ4n) is 1.61. The summed E-state index contributed by atoms with van der Waals surface area (Å²) in [6.45, 7) is 2.68. The van der Waals surface area contributed by atoms with E-state index in [1.54, 1.807) is 11.3 Å². The molecule has 3 nitrogen and oxygen atoms in total. The number of aromatic nitrogens is 1. The molecule has 96 valence electrons. The van der Waals surface area contributed by atoms with Crippen molar-refractivity contribution in [1.29, 1.82) is 0 Å². The normalized spacial score (nSPS) is 10.4. The third-order valence-corrected chi connectivity index (χ3v) is 4.32. The summed E-state index contributed by atoms with van der Waals surface area (Å²) in [5.74, 6) is 0.912. The molecule has 0 aliphatic heterocycles. The average Bonchev–Trinajstić information content (AvgIpc) is 2.73. The first-order chi connectivity index (χ1) is 8.72. The third-order valence-electron chi connectivity index (χ3n) is 2.47. The Morgan fingerprint density at radius 2 is 2.06 bits per heavy atom. The number of rotatable bonds is 5. The minimum absolute atomic E-state index is 0.697. The molecule has 0 amide bonds. The highest BCUT2D eigenvalue weighted by atomic mass is 79.9. The van der Waals surface area contributed by atoms with Crippen molar-refractivity contribution >= 4 is 32.4 Å². The van der Waals surface area contributed by atoms with Crippen LogP contribution in [0.15, 0.2) is 28.1 Å². The fourth-order valence-corrected chi connectivity index (χ4v) is 2.96. The summed E-state index contributed by atoms with van der Waals surface area (Å²) in [7, 11) is 1.88. The van der Waals surface area contributed by atoms with Gasteiger partial charge >= 0.3 is 0 Å². The Labute approximate surface area is 119 Å². The molecule has 1 heterocycles. The topological polar surface area (TPSA) is 34.1 Å². The lowest BCUT2D eigenvalue weighted by molar-refractivity contribution is 0.340. The quantitative estimate of drug-likeness (QED) is 0.903. The fraction of sp³-hybridized carbons (Fsp3) is 0.308. The van der Waals surface area contributed by atoms with E-state index >= 15 is 0 Å². The largest absolute Gasteiger partial charge is 0.494 e. The summed E-state index contributed by atoms with van der Waals surface area (Å²) in [5, 5.41) is 3.99. The van der Waals surface area contributed by atoms with Crippen molar-refractivity contribution in [3.63, 3.8) is 0 Å². The van der Waals surface area contributed by atoms with Gasteiger partial charge in [0.15, 0.2) is 5.13 Å². The van der Waals surface area contributed by atoms with Gasteiger partial charge in [0.2, 0.25) is 0 Å². The maximum absolute atomic E-state index is 5.42. The molecule has 18 heavy (non-hydrogen) atoms. The van der Waals surface area contributed by atoms with Crippen molar-refractivity contribution in [3.8, 4) is 5.75 Å². The Balaban J connectivity index is 2.10. The molecule has 1 aromatic carbocycles. The lowest BCUT2D eigenvalue weighted by atomic mass is 10.1. The van der Waals surface area contributed by atoms with Crippen molar-refractivity contribution in [2.75, 3.05) is 19.0 Å². The Kier molecular flexibility index (Phi) is 4.60. The molecular weight excluding hydrogens is 312 g/mol. The average molecular weight is 327 g/mol. The first-order valence-corrected chi connectivity index (χ1v) is 7.38. The number of thiazole rings is 1. The zero-order valence-corrected chi connectivity index (χ0v) is 12.8. The molecule has 0 aliphatic rings. The number of nitrogens with zero attached hydrogens (tertiary/aromatic N) is 1. The highest BCUT2D eigenvalue weighted by molar-refractivity contribution is 9.11. The van der Waals surface area contributed by atoms with Gasteiger partial charge in [-0.1, -0.05) is 23.5 Å². The number of nitrogens with one attached hydrogen (secondary N) is 1. The van der Waals surface area contributed by atoms with E-state index < -0.39 is 0 Å². The molecule has 2 aromatic rings. The number of benzene rings is 1. The third kappa shape index (κ3) is 3.23. The highest BCUT2D eigenvalue weighted by Crippen LogP contribution is 2.29. The number of hydrogen-bond donors (Lipinski definition) is 1. The van der Waals surface area contributed by atoms with Gasteiger partial charge in [-0.3, -0.25) is 0 Å². The maximum atomic E-state index is 5.42. The number of anilines is 1. The standard InChI is InChI=1S/C13H15BrN2OS/c1-3-17-10-6-4-9(5-7-10)8-11-12(14)18-13(15-2)16-11/h4-7H,3,8H2,1-2H3,(H,15,16). The summed E-state index contributed by atoms with van der Waals surface area (Å²) in [4.78, 5) is 4.51. The van der Waals surface area contributed by atoms with Gasteiger partial charge in [-0.2, -0.15) is 0 Å². The van der Waals surface area contributed by atoms with Crippen LogP contribution >= 0.6 is 27.3 Å². The molecule has 0 atom stereocenters. The van der Waals surface area contributed by atoms with E-state index in [1.807, 2.05) is 26.1 Å². The van der Waals surface area contributed by atoms with Crippen molar-refractivity contribution in [2.24, 2.45) is 0 Å². The summed E-state index contributed by atoms with van der Waals surface area (Å²) >= 11 is 5.16. The smallest absolute Gasteiger partial charge is 0.183 e. The lowest BCUT2D eigenvalue weighted by Gasteiger charge is -2.04. The molecular formula is C13H15BrN2OS. The van der Waals surface area contributed by atoms with Crippen LogP contribution in [-0.2, 0) is 6.42 Å². The van der Waals surface area contributed by atoms with Gasteiger partial charge < -0.3 is 10.1 Å². The lowest BCUT2D eigenvalue weighted by Crippen LogP contribution is -1.93. The summed E-state index contributed by atoms with van der Waals surface area (Å²) in [6, 6.07) is 8.15. The van der Waals surface area contributed by atoms with Crippen LogP contribution in [0, 0.1) is 0 Å². The van der Waals surface area contributed by atoms with Gasteiger partial charge in [0.25, 0.3) is 0 Å². The van der Waals surface area contributed by atoms with Crippen molar-refractivity contribution in [1.82, 2.24) is 4.98 Å². The molecule has 1 N–H and O–H groups in total. The van der Waals surface area contributed by atoms with Gasteiger partial charge in [0.1, 0.15) is 5.75 Å². The monoisotopic (exact) mass is 326 g/mol. The molecule has 0 spiro atoms. The highest BCUT2D eigenvalue weighted by Gasteiger charge is 2.08. The van der Waals surface area contributed by atoms with Crippen LogP contribution < -0.4 is 10.1 Å². The summed E-state index contributed by atoms with van der Waals surface area (Å²) in [5.41, 5.74) is 2.29. The summed E-state index contributed by atoms with van der Waals surface area (Å²) < 4.78 is 6.51. The van der Waals surface area contributed by atoms with Crippen LogP contribution in [0.5, 0.6) is 5.75 Å². The number of halogens is 1. The molecule has 1 aromatic heterocycles. The molecule has 2 rings (SSSR count). The van der Waals surface area contributed by atoms with E-state index in [9.17, 15) is 0 Å². The van der Waals surface area contributed by atoms with Gasteiger partial charge in [0, 0.05) is 13.5 Å². The van der Waals surface area contributed by atoms with E-state index in [4.69, 9.17) is 4.74 Å². The second-order valence-electron chi connectivity index (χ2n) is 3.74.